The highest BCUT2D eigenvalue weighted by Gasteiger charge is 2.23. The molecule has 1 aromatic carbocycles. The Labute approximate surface area is 165 Å². The Balaban J connectivity index is 1.76. The van der Waals surface area contributed by atoms with Gasteiger partial charge in [-0.1, -0.05) is 30.3 Å². The molecule has 9 heteroatoms. The van der Waals surface area contributed by atoms with Crippen molar-refractivity contribution in [3.05, 3.63) is 52.5 Å². The second-order valence-electron chi connectivity index (χ2n) is 6.17. The highest BCUT2D eigenvalue weighted by molar-refractivity contribution is 7.20. The zero-order valence-corrected chi connectivity index (χ0v) is 16.5. The first-order valence-corrected chi connectivity index (χ1v) is 9.45. The van der Waals surface area contributed by atoms with Crippen LogP contribution in [0.15, 0.2) is 36.4 Å². The number of carbonyl (C=O) groups is 3. The second kappa shape index (κ2) is 8.22. The van der Waals surface area contributed by atoms with E-state index in [1.54, 1.807) is 6.07 Å². The van der Waals surface area contributed by atoms with E-state index in [0.29, 0.717) is 11.4 Å². The van der Waals surface area contributed by atoms with Gasteiger partial charge >= 0.3 is 12.0 Å². The van der Waals surface area contributed by atoms with Gasteiger partial charge in [-0.05, 0) is 25.5 Å². The first-order valence-electron chi connectivity index (χ1n) is 8.63. The molecule has 0 fully saturated rings. The summed E-state index contributed by atoms with van der Waals surface area (Å²) >= 11 is 1.26. The van der Waals surface area contributed by atoms with Gasteiger partial charge in [0.25, 0.3) is 5.91 Å². The monoisotopic (exact) mass is 400 g/mol. The molecule has 0 aliphatic carbocycles. The van der Waals surface area contributed by atoms with Gasteiger partial charge in [0.15, 0.2) is 6.10 Å². The van der Waals surface area contributed by atoms with Gasteiger partial charge in [-0.25, -0.2) is 9.59 Å². The molecule has 8 nitrogen and oxygen atoms in total. The number of carbonyl (C=O) groups excluding carboxylic acids is 3. The van der Waals surface area contributed by atoms with Gasteiger partial charge in [0.05, 0.1) is 12.2 Å². The number of aromatic nitrogens is 2. The summed E-state index contributed by atoms with van der Waals surface area (Å²) in [6.45, 7) is 3.88. The lowest BCUT2D eigenvalue weighted by atomic mass is 10.2. The van der Waals surface area contributed by atoms with Crippen molar-refractivity contribution in [3.63, 3.8) is 0 Å². The Morgan fingerprint density at radius 3 is 2.64 bits per heavy atom. The lowest BCUT2D eigenvalue weighted by Gasteiger charge is -2.11. The Hall–Kier alpha value is -3.20. The number of nitrogens with zero attached hydrogens (tertiary/aromatic N) is 2. The van der Waals surface area contributed by atoms with E-state index in [2.05, 4.69) is 15.7 Å². The molecule has 2 aromatic heterocycles. The van der Waals surface area contributed by atoms with Gasteiger partial charge in [-0.3, -0.25) is 14.8 Å². The van der Waals surface area contributed by atoms with Gasteiger partial charge in [-0.15, -0.1) is 11.3 Å². The number of imide groups is 1. The van der Waals surface area contributed by atoms with Gasteiger partial charge in [-0.2, -0.15) is 5.10 Å². The number of esters is 1. The molecule has 2 heterocycles. The van der Waals surface area contributed by atoms with E-state index in [1.165, 1.54) is 25.3 Å². The Kier molecular flexibility index (Phi) is 5.74. The minimum Gasteiger partial charge on any atom is -0.448 e. The molecule has 3 amide bonds. The second-order valence-corrected chi connectivity index (χ2v) is 7.20. The molecule has 3 rings (SSSR count). The predicted molar refractivity (Wildman–Crippen MR) is 105 cm³/mol. The van der Waals surface area contributed by atoms with Crippen LogP contribution >= 0.6 is 11.3 Å². The van der Waals surface area contributed by atoms with Crippen LogP contribution in [0.2, 0.25) is 0 Å². The largest absolute Gasteiger partial charge is 0.448 e. The van der Waals surface area contributed by atoms with E-state index in [1.807, 2.05) is 41.9 Å². The smallest absolute Gasteiger partial charge is 0.349 e. The Bertz CT molecular complexity index is 1030. The number of hydrogen-bond acceptors (Lipinski definition) is 6. The number of amides is 3. The minimum atomic E-state index is -1.10. The standard InChI is InChI=1S/C19H20N4O4S/c1-11-14-9-15(18(25)27-12(2)16(24)21-19(26)20-3)28-17(14)23(22-11)10-13-7-5-4-6-8-13/h4-9,12H,10H2,1-3H3,(H2,20,21,24,26). The minimum absolute atomic E-state index is 0.372. The van der Waals surface area contributed by atoms with Crippen molar-refractivity contribution < 1.29 is 19.1 Å². The van der Waals surface area contributed by atoms with Gasteiger partial charge in [0.1, 0.15) is 9.71 Å². The molecule has 3 aromatic rings. The topological polar surface area (TPSA) is 102 Å². The summed E-state index contributed by atoms with van der Waals surface area (Å²) in [7, 11) is 1.39. The third-order valence-corrected chi connectivity index (χ3v) is 5.23. The first-order chi connectivity index (χ1) is 13.4. The summed E-state index contributed by atoms with van der Waals surface area (Å²) in [6.07, 6.45) is -1.10. The maximum atomic E-state index is 12.4. The summed E-state index contributed by atoms with van der Waals surface area (Å²) < 4.78 is 7.04. The highest BCUT2D eigenvalue weighted by Crippen LogP contribution is 2.29. The maximum Gasteiger partial charge on any atom is 0.349 e. The van der Waals surface area contributed by atoms with E-state index in [9.17, 15) is 14.4 Å². The quantitative estimate of drug-likeness (QED) is 0.641. The van der Waals surface area contributed by atoms with Crippen molar-refractivity contribution in [3.8, 4) is 0 Å². The van der Waals surface area contributed by atoms with Gasteiger partial charge in [0.2, 0.25) is 0 Å². The van der Waals surface area contributed by atoms with Gasteiger partial charge in [0, 0.05) is 12.4 Å². The Morgan fingerprint density at radius 2 is 1.96 bits per heavy atom. The SMILES string of the molecule is CNC(=O)NC(=O)C(C)OC(=O)c1cc2c(C)nn(Cc3ccccc3)c2s1. The first kappa shape index (κ1) is 19.6. The summed E-state index contributed by atoms with van der Waals surface area (Å²) in [6, 6.07) is 11.0. The van der Waals surface area contributed by atoms with Gasteiger partial charge < -0.3 is 10.1 Å². The van der Waals surface area contributed by atoms with Crippen molar-refractivity contribution in [1.29, 1.82) is 0 Å². The molecular weight excluding hydrogens is 380 g/mol. The van der Waals surface area contributed by atoms with E-state index in [0.717, 1.165) is 21.5 Å². The molecule has 0 saturated heterocycles. The molecule has 1 unspecified atom stereocenters. The van der Waals surface area contributed by atoms with Crippen molar-refractivity contribution >= 4 is 39.5 Å². The fourth-order valence-corrected chi connectivity index (χ4v) is 3.67. The third-order valence-electron chi connectivity index (χ3n) is 4.10. The third kappa shape index (κ3) is 4.20. The molecule has 0 radical (unpaired) electrons. The van der Waals surface area contributed by atoms with Crippen LogP contribution in [0.5, 0.6) is 0 Å². The summed E-state index contributed by atoms with van der Waals surface area (Å²) in [5.41, 5.74) is 1.91. The van der Waals surface area contributed by atoms with E-state index >= 15 is 0 Å². The molecule has 0 aliphatic rings. The Morgan fingerprint density at radius 1 is 1.25 bits per heavy atom. The molecule has 0 saturated carbocycles. The molecule has 0 bridgehead atoms. The normalized spacial score (nSPS) is 11.8. The lowest BCUT2D eigenvalue weighted by molar-refractivity contribution is -0.127. The number of nitrogens with one attached hydrogen (secondary N) is 2. The average molecular weight is 400 g/mol. The number of urea groups is 1. The van der Waals surface area contributed by atoms with Crippen LogP contribution in [-0.2, 0) is 16.1 Å². The molecule has 1 atom stereocenters. The zero-order chi connectivity index (χ0) is 20.3. The maximum absolute atomic E-state index is 12.4. The van der Waals surface area contributed by atoms with Crippen LogP contribution in [0, 0.1) is 6.92 Å². The summed E-state index contributed by atoms with van der Waals surface area (Å²) in [4.78, 5) is 36.7. The molecule has 0 aliphatic heterocycles. The average Bonchev–Trinajstić information content (AvgIpc) is 3.24. The van der Waals surface area contributed by atoms with Crippen molar-refractivity contribution in [2.75, 3.05) is 7.05 Å². The molecule has 2 N–H and O–H groups in total. The van der Waals surface area contributed by atoms with Crippen molar-refractivity contribution in [2.24, 2.45) is 0 Å². The van der Waals surface area contributed by atoms with Crippen LogP contribution in [0.25, 0.3) is 10.2 Å². The summed E-state index contributed by atoms with van der Waals surface area (Å²) in [5, 5.41) is 9.75. The predicted octanol–water partition coefficient (Wildman–Crippen LogP) is 2.46. The molecule has 28 heavy (non-hydrogen) atoms. The van der Waals surface area contributed by atoms with Crippen LogP contribution in [0.3, 0.4) is 0 Å². The van der Waals surface area contributed by atoms with Crippen LogP contribution < -0.4 is 10.6 Å². The number of benzene rings is 1. The molecule has 146 valence electrons. The van der Waals surface area contributed by atoms with Crippen LogP contribution in [-0.4, -0.2) is 40.8 Å². The number of thiophene rings is 1. The fraction of sp³-hybridized carbons (Fsp3) is 0.263. The van der Waals surface area contributed by atoms with E-state index < -0.39 is 24.0 Å². The van der Waals surface area contributed by atoms with Crippen LogP contribution in [0.4, 0.5) is 4.79 Å². The molecule has 0 spiro atoms. The lowest BCUT2D eigenvalue weighted by Crippen LogP contribution is -2.43. The number of hydrogen-bond donors (Lipinski definition) is 2. The summed E-state index contributed by atoms with van der Waals surface area (Å²) in [5.74, 6) is -1.31. The highest BCUT2D eigenvalue weighted by atomic mass is 32.1. The van der Waals surface area contributed by atoms with E-state index in [-0.39, 0.29) is 0 Å². The zero-order valence-electron chi connectivity index (χ0n) is 15.7. The van der Waals surface area contributed by atoms with Crippen molar-refractivity contribution in [2.45, 2.75) is 26.5 Å². The number of ether oxygens (including phenoxy) is 1. The van der Waals surface area contributed by atoms with Crippen LogP contribution in [0.1, 0.15) is 27.9 Å². The number of fused-ring (bicyclic) bond motifs is 1. The number of rotatable bonds is 5. The number of aryl methyl sites for hydroxylation is 1. The van der Waals surface area contributed by atoms with E-state index in [4.69, 9.17) is 4.74 Å². The van der Waals surface area contributed by atoms with Crippen molar-refractivity contribution in [1.82, 2.24) is 20.4 Å². The fourth-order valence-electron chi connectivity index (χ4n) is 2.62. The molecular formula is C19H20N4O4S.